The number of amides is 1. The third kappa shape index (κ3) is 4.29. The molecule has 0 aliphatic heterocycles. The van der Waals surface area contributed by atoms with Crippen molar-refractivity contribution in [3.63, 3.8) is 0 Å². The van der Waals surface area contributed by atoms with E-state index < -0.39 is 0 Å². The fourth-order valence-corrected chi connectivity index (χ4v) is 2.52. The monoisotopic (exact) mass is 299 g/mol. The van der Waals surface area contributed by atoms with E-state index in [1.165, 1.54) is 11.3 Å². The highest BCUT2D eigenvalue weighted by atomic mass is 35.5. The average molecular weight is 300 g/mol. The van der Waals surface area contributed by atoms with Crippen LogP contribution in [0.15, 0.2) is 11.7 Å². The van der Waals surface area contributed by atoms with Crippen molar-refractivity contribution < 1.29 is 4.79 Å². The van der Waals surface area contributed by atoms with Gasteiger partial charge in [-0.05, 0) is 0 Å². The lowest BCUT2D eigenvalue weighted by atomic mass is 10.3. The summed E-state index contributed by atoms with van der Waals surface area (Å²) in [6.07, 6.45) is 2.55. The van der Waals surface area contributed by atoms with Crippen LogP contribution in [0, 0.1) is 0 Å². The van der Waals surface area contributed by atoms with Crippen LogP contribution in [0.2, 0.25) is 0 Å². The van der Waals surface area contributed by atoms with E-state index in [2.05, 4.69) is 20.4 Å². The van der Waals surface area contributed by atoms with Crippen LogP contribution in [-0.4, -0.2) is 32.2 Å². The summed E-state index contributed by atoms with van der Waals surface area (Å²) in [5, 5.41) is 9.61. The van der Waals surface area contributed by atoms with E-state index in [-0.39, 0.29) is 12.3 Å². The number of halogens is 1. The fourth-order valence-electron chi connectivity index (χ4n) is 1.50. The molecule has 0 aliphatic carbocycles. The van der Waals surface area contributed by atoms with Gasteiger partial charge in [0.05, 0.1) is 18.0 Å². The highest BCUT2D eigenvalue weighted by Gasteiger charge is 2.07. The van der Waals surface area contributed by atoms with Crippen LogP contribution in [0.1, 0.15) is 16.5 Å². The first kappa shape index (κ1) is 14.0. The van der Waals surface area contributed by atoms with Gasteiger partial charge in [0.2, 0.25) is 5.91 Å². The highest BCUT2D eigenvalue weighted by Crippen LogP contribution is 2.11. The summed E-state index contributed by atoms with van der Waals surface area (Å²) in [5.74, 6) is 1.05. The van der Waals surface area contributed by atoms with Crippen molar-refractivity contribution in [3.05, 3.63) is 28.2 Å². The van der Waals surface area contributed by atoms with Gasteiger partial charge < -0.3 is 5.32 Å². The lowest BCUT2D eigenvalue weighted by Gasteiger charge is -2.01. The molecule has 0 unspecified atom stereocenters. The van der Waals surface area contributed by atoms with Crippen LogP contribution in [0.3, 0.4) is 0 Å². The Morgan fingerprint density at radius 3 is 3.05 bits per heavy atom. The number of aryl methyl sites for hydroxylation is 1. The third-order valence-corrected chi connectivity index (χ3v) is 3.54. The van der Waals surface area contributed by atoms with E-state index in [4.69, 9.17) is 11.6 Å². The topological polar surface area (TPSA) is 72.7 Å². The first-order valence-electron chi connectivity index (χ1n) is 5.78. The van der Waals surface area contributed by atoms with Gasteiger partial charge in [0.1, 0.15) is 11.3 Å². The van der Waals surface area contributed by atoms with Gasteiger partial charge in [0.25, 0.3) is 0 Å². The predicted molar refractivity (Wildman–Crippen MR) is 73.1 cm³/mol. The Labute approximate surface area is 119 Å². The van der Waals surface area contributed by atoms with E-state index in [0.717, 1.165) is 16.5 Å². The minimum Gasteiger partial charge on any atom is -0.355 e. The molecule has 6 nitrogen and oxygen atoms in total. The molecule has 0 aliphatic rings. The number of nitrogens with one attached hydrogen (secondary N) is 1. The zero-order valence-electron chi connectivity index (χ0n) is 10.5. The zero-order chi connectivity index (χ0) is 13.7. The van der Waals surface area contributed by atoms with E-state index in [9.17, 15) is 4.79 Å². The normalized spacial score (nSPS) is 10.6. The van der Waals surface area contributed by atoms with Crippen molar-refractivity contribution in [1.29, 1.82) is 0 Å². The molecular weight excluding hydrogens is 286 g/mol. The Bertz CT molecular complexity index is 553. The van der Waals surface area contributed by atoms with E-state index in [0.29, 0.717) is 18.8 Å². The standard InChI is InChI=1S/C11H14ClN5OS/c1-17-7-14-9(16-17)2-3-13-10(18)4-11-15-8(5-12)6-19-11/h6-7H,2-5H2,1H3,(H,13,18). The first-order valence-corrected chi connectivity index (χ1v) is 7.19. The van der Waals surface area contributed by atoms with Crippen LogP contribution < -0.4 is 5.32 Å². The Hall–Kier alpha value is -1.47. The maximum Gasteiger partial charge on any atom is 0.226 e. The van der Waals surface area contributed by atoms with Crippen LogP contribution >= 0.6 is 22.9 Å². The lowest BCUT2D eigenvalue weighted by Crippen LogP contribution is -2.27. The van der Waals surface area contributed by atoms with Gasteiger partial charge >= 0.3 is 0 Å². The lowest BCUT2D eigenvalue weighted by molar-refractivity contribution is -0.120. The Morgan fingerprint density at radius 2 is 2.42 bits per heavy atom. The molecular formula is C11H14ClN5OS. The van der Waals surface area contributed by atoms with Crippen molar-refractivity contribution in [2.75, 3.05) is 6.54 Å². The van der Waals surface area contributed by atoms with Gasteiger partial charge in [-0.25, -0.2) is 9.97 Å². The van der Waals surface area contributed by atoms with Crippen LogP contribution in [0.25, 0.3) is 0 Å². The molecule has 1 amide bonds. The largest absolute Gasteiger partial charge is 0.355 e. The first-order chi connectivity index (χ1) is 9.17. The molecule has 2 rings (SSSR count). The van der Waals surface area contributed by atoms with Crippen molar-refractivity contribution in [2.45, 2.75) is 18.7 Å². The van der Waals surface area contributed by atoms with Gasteiger partial charge in [-0.3, -0.25) is 9.48 Å². The third-order valence-electron chi connectivity index (χ3n) is 2.37. The molecule has 0 saturated carbocycles. The summed E-state index contributed by atoms with van der Waals surface area (Å²) in [6, 6.07) is 0. The molecule has 2 aromatic heterocycles. The van der Waals surface area contributed by atoms with Crippen molar-refractivity contribution in [2.24, 2.45) is 7.05 Å². The quantitative estimate of drug-likeness (QED) is 0.805. The van der Waals surface area contributed by atoms with Gasteiger partial charge in [-0.15, -0.1) is 22.9 Å². The minimum absolute atomic E-state index is 0.0496. The number of nitrogens with zero attached hydrogens (tertiary/aromatic N) is 4. The van der Waals surface area contributed by atoms with Crippen molar-refractivity contribution in [1.82, 2.24) is 25.1 Å². The van der Waals surface area contributed by atoms with Crippen LogP contribution in [0.4, 0.5) is 0 Å². The summed E-state index contributed by atoms with van der Waals surface area (Å²) >= 11 is 7.11. The number of aromatic nitrogens is 4. The maximum absolute atomic E-state index is 11.7. The maximum atomic E-state index is 11.7. The smallest absolute Gasteiger partial charge is 0.226 e. The van der Waals surface area contributed by atoms with E-state index in [1.807, 2.05) is 12.4 Å². The summed E-state index contributed by atoms with van der Waals surface area (Å²) in [7, 11) is 1.81. The van der Waals surface area contributed by atoms with E-state index >= 15 is 0 Å². The number of carbonyl (C=O) groups is 1. The van der Waals surface area contributed by atoms with E-state index in [1.54, 1.807) is 11.0 Å². The summed E-state index contributed by atoms with van der Waals surface area (Å²) in [4.78, 5) is 20.0. The summed E-state index contributed by atoms with van der Waals surface area (Å²) < 4.78 is 1.64. The van der Waals surface area contributed by atoms with Gasteiger partial charge in [-0.2, -0.15) is 5.10 Å². The number of carbonyl (C=O) groups excluding carboxylic acids is 1. The molecule has 19 heavy (non-hydrogen) atoms. The summed E-state index contributed by atoms with van der Waals surface area (Å²) in [5.41, 5.74) is 0.812. The molecule has 0 radical (unpaired) electrons. The molecule has 102 valence electrons. The minimum atomic E-state index is -0.0496. The van der Waals surface area contributed by atoms with Gasteiger partial charge in [0, 0.05) is 25.4 Å². The molecule has 1 N–H and O–H groups in total. The molecule has 0 spiro atoms. The van der Waals surface area contributed by atoms with Crippen molar-refractivity contribution in [3.8, 4) is 0 Å². The number of hydrogen-bond donors (Lipinski definition) is 1. The van der Waals surface area contributed by atoms with Crippen molar-refractivity contribution >= 4 is 28.8 Å². The molecule has 0 bridgehead atoms. The molecule has 8 heteroatoms. The Balaban J connectivity index is 1.72. The number of thiazole rings is 1. The van der Waals surface area contributed by atoms with Gasteiger partial charge in [0.15, 0.2) is 5.82 Å². The molecule has 2 heterocycles. The molecule has 2 aromatic rings. The molecule has 0 fully saturated rings. The molecule has 0 atom stereocenters. The zero-order valence-corrected chi connectivity index (χ0v) is 12.0. The predicted octanol–water partition coefficient (Wildman–Crippen LogP) is 0.912. The number of rotatable bonds is 6. The van der Waals surface area contributed by atoms with Crippen LogP contribution in [-0.2, 0) is 30.6 Å². The SMILES string of the molecule is Cn1cnc(CCNC(=O)Cc2nc(CCl)cs2)n1. The number of alkyl halides is 1. The Morgan fingerprint density at radius 1 is 1.58 bits per heavy atom. The average Bonchev–Trinajstić information content (AvgIpc) is 2.98. The number of hydrogen-bond acceptors (Lipinski definition) is 5. The Kier molecular flexibility index (Phi) is 4.86. The second-order valence-corrected chi connectivity index (χ2v) is 5.19. The second kappa shape index (κ2) is 6.63. The molecule has 0 saturated heterocycles. The van der Waals surface area contributed by atoms with Gasteiger partial charge in [-0.1, -0.05) is 0 Å². The fraction of sp³-hybridized carbons (Fsp3) is 0.455. The molecule has 0 aromatic carbocycles. The summed E-state index contributed by atoms with van der Waals surface area (Å²) in [6.45, 7) is 0.524. The van der Waals surface area contributed by atoms with Crippen LogP contribution in [0.5, 0.6) is 0 Å². The highest BCUT2D eigenvalue weighted by molar-refractivity contribution is 7.09. The second-order valence-electron chi connectivity index (χ2n) is 3.98.